The molecule has 2 unspecified atom stereocenters. The molecule has 0 amide bonds. The van der Waals surface area contributed by atoms with Gasteiger partial charge in [-0.3, -0.25) is 0 Å². The molecule has 0 nitrogen and oxygen atoms in total. The maximum Gasteiger partial charge on any atom is -1.00 e. The summed E-state index contributed by atoms with van der Waals surface area (Å²) in [5, 5.41) is 3.71. The van der Waals surface area contributed by atoms with Crippen molar-refractivity contribution in [1.82, 2.24) is 0 Å². The Kier molecular flexibility index (Phi) is 13.8. The van der Waals surface area contributed by atoms with Crippen LogP contribution in [0.4, 0.5) is 0 Å². The molecule has 2 aromatic carbocycles. The minimum Gasteiger partial charge on any atom is -1.00 e. The standard InChI is InChI=1S/2C15H20P.2ClH.Ti/c2*1-3-9-16(10-4-2)15-11-13-7-5-6-8-14(13)12-15;;;/h2*5-8,11-12H,3-4,9-10H2,1-2H3;2*1H;/q;;;;+2/p-2. The monoisotopic (exact) mass is 580 g/mol. The molecule has 0 spiro atoms. The Balaban J connectivity index is 0.00000216. The molecule has 2 aromatic rings. The summed E-state index contributed by atoms with van der Waals surface area (Å²) in [5.41, 5.74) is 6.38. The molecular weight excluding hydrogens is 541 g/mol. The number of hydrogen-bond donors (Lipinski definition) is 0. The summed E-state index contributed by atoms with van der Waals surface area (Å²) in [6.07, 6.45) is 16.2. The van der Waals surface area contributed by atoms with Crippen LogP contribution in [0.3, 0.4) is 0 Å². The number of allylic oxidation sites excluding steroid dienone is 2. The second-order valence-corrected chi connectivity index (χ2v) is 16.7. The van der Waals surface area contributed by atoms with Gasteiger partial charge in [-0.05, 0) is 0 Å². The van der Waals surface area contributed by atoms with Crippen molar-refractivity contribution in [2.24, 2.45) is 0 Å². The van der Waals surface area contributed by atoms with Gasteiger partial charge >= 0.3 is 215 Å². The quantitative estimate of drug-likeness (QED) is 0.264. The minimum absolute atomic E-state index is 0. The molecule has 35 heavy (non-hydrogen) atoms. The first-order chi connectivity index (χ1) is 16.2. The predicted molar refractivity (Wildman–Crippen MR) is 149 cm³/mol. The van der Waals surface area contributed by atoms with Gasteiger partial charge in [0.2, 0.25) is 0 Å². The van der Waals surface area contributed by atoms with Gasteiger partial charge in [-0.1, -0.05) is 0 Å². The summed E-state index contributed by atoms with van der Waals surface area (Å²) in [5.74, 6) is 0. The minimum atomic E-state index is -0.238. The molecule has 0 bridgehead atoms. The molecule has 0 aliphatic heterocycles. The Morgan fingerprint density at radius 3 is 1.26 bits per heavy atom. The van der Waals surface area contributed by atoms with Crippen molar-refractivity contribution in [2.75, 3.05) is 24.6 Å². The average molecular weight is 581 g/mol. The summed E-state index contributed by atoms with van der Waals surface area (Å²) in [6, 6.07) is 18.8. The van der Waals surface area contributed by atoms with Crippen molar-refractivity contribution in [1.29, 1.82) is 0 Å². The first kappa shape index (κ1) is 31.3. The molecule has 2 atom stereocenters. The first-order valence-corrected chi connectivity index (χ1v) is 18.3. The third-order valence-corrected chi connectivity index (χ3v) is 16.8. The fourth-order valence-electron chi connectivity index (χ4n) is 5.50. The van der Waals surface area contributed by atoms with Crippen molar-refractivity contribution in [3.63, 3.8) is 0 Å². The molecule has 5 heteroatoms. The Bertz CT molecular complexity index is 912. The van der Waals surface area contributed by atoms with Gasteiger partial charge in [0, 0.05) is 0 Å². The van der Waals surface area contributed by atoms with Crippen molar-refractivity contribution >= 4 is 28.0 Å². The van der Waals surface area contributed by atoms with Crippen molar-refractivity contribution in [3.05, 3.63) is 81.4 Å². The number of benzene rings is 2. The number of rotatable bonds is 12. The fraction of sp³-hybridized carbons (Fsp3) is 0.467. The zero-order valence-corrected chi connectivity index (χ0v) is 26.6. The van der Waals surface area contributed by atoms with Gasteiger partial charge in [-0.25, -0.2) is 0 Å². The summed E-state index contributed by atoms with van der Waals surface area (Å²) >= 11 is -0.238. The van der Waals surface area contributed by atoms with E-state index in [9.17, 15) is 0 Å². The zero-order chi connectivity index (χ0) is 23.2. The molecule has 0 N–H and O–H groups in total. The Hall–Kier alpha value is 0.0743. The van der Waals surface area contributed by atoms with Crippen LogP contribution in [-0.2, 0) is 19.2 Å². The summed E-state index contributed by atoms with van der Waals surface area (Å²) in [4.78, 5) is 0. The first-order valence-electron chi connectivity index (χ1n) is 13.1. The van der Waals surface area contributed by atoms with E-state index in [0.717, 1.165) is 8.45 Å². The topological polar surface area (TPSA) is 0 Å². The summed E-state index contributed by atoms with van der Waals surface area (Å²) in [6.45, 7) is 9.54. The summed E-state index contributed by atoms with van der Waals surface area (Å²) in [7, 11) is 0.0000707. The Morgan fingerprint density at radius 2 is 0.914 bits per heavy atom. The van der Waals surface area contributed by atoms with Crippen LogP contribution in [-0.4, -0.2) is 24.6 Å². The van der Waals surface area contributed by atoms with Crippen LogP contribution in [0.25, 0.3) is 12.2 Å². The van der Waals surface area contributed by atoms with Crippen LogP contribution in [0.2, 0.25) is 0 Å². The van der Waals surface area contributed by atoms with Crippen LogP contribution in [0.15, 0.2) is 59.2 Å². The third kappa shape index (κ3) is 7.14. The van der Waals surface area contributed by atoms with E-state index < -0.39 is 0 Å². The van der Waals surface area contributed by atoms with Crippen LogP contribution in [0.1, 0.15) is 84.1 Å². The van der Waals surface area contributed by atoms with E-state index in [4.69, 9.17) is 0 Å². The molecule has 0 aromatic heterocycles. The molecule has 0 heterocycles. The average Bonchev–Trinajstić information content (AvgIpc) is 3.38. The molecular formula is C30H40Cl2P2Ti. The van der Waals surface area contributed by atoms with E-state index >= 15 is 0 Å². The van der Waals surface area contributed by atoms with Gasteiger partial charge in [0.25, 0.3) is 0 Å². The van der Waals surface area contributed by atoms with E-state index in [1.165, 1.54) is 61.5 Å². The predicted octanol–water partition coefficient (Wildman–Crippen LogP) is 3.87. The van der Waals surface area contributed by atoms with Gasteiger partial charge < -0.3 is 24.8 Å². The molecule has 2 aliphatic rings. The van der Waals surface area contributed by atoms with Gasteiger partial charge in [0.05, 0.1) is 0 Å². The largest absolute Gasteiger partial charge is 1.00 e. The molecule has 188 valence electrons. The molecule has 0 radical (unpaired) electrons. The van der Waals surface area contributed by atoms with E-state index in [-0.39, 0.29) is 59.8 Å². The normalized spacial score (nSPS) is 17.8. The van der Waals surface area contributed by atoms with Gasteiger partial charge in [-0.15, -0.1) is 0 Å². The SMILES string of the molecule is CCCP(CCC)C1=Cc2ccccc2[CH]1[Ti+2][CH]1C(P(CCC)CCC)=Cc2ccccc21.[Cl-].[Cl-]. The van der Waals surface area contributed by atoms with Crippen LogP contribution < -0.4 is 24.8 Å². The smallest absolute Gasteiger partial charge is 1.00 e. The second-order valence-electron chi connectivity index (χ2n) is 9.40. The fourth-order valence-corrected chi connectivity index (χ4v) is 15.8. The number of hydrogen-bond acceptors (Lipinski definition) is 0. The maximum atomic E-state index is 2.64. The van der Waals surface area contributed by atoms with Crippen LogP contribution in [0.5, 0.6) is 0 Å². The van der Waals surface area contributed by atoms with Crippen LogP contribution >= 0.6 is 15.8 Å². The van der Waals surface area contributed by atoms with E-state index in [2.05, 4.69) is 88.4 Å². The number of halogens is 2. The maximum absolute atomic E-state index is 2.64. The second kappa shape index (κ2) is 15.5. The van der Waals surface area contributed by atoms with Gasteiger partial charge in [0.15, 0.2) is 0 Å². The zero-order valence-electron chi connectivity index (χ0n) is 21.7. The summed E-state index contributed by atoms with van der Waals surface area (Å²) < 4.78 is 1.45. The molecule has 2 aliphatic carbocycles. The molecule has 0 saturated heterocycles. The van der Waals surface area contributed by atoms with E-state index in [0.29, 0.717) is 0 Å². The van der Waals surface area contributed by atoms with Crippen LogP contribution in [0, 0.1) is 0 Å². The van der Waals surface area contributed by atoms with Crippen molar-refractivity contribution < 1.29 is 44.0 Å². The molecule has 0 fully saturated rings. The van der Waals surface area contributed by atoms with E-state index in [1.54, 1.807) is 11.1 Å². The van der Waals surface area contributed by atoms with Gasteiger partial charge in [0.1, 0.15) is 0 Å². The van der Waals surface area contributed by atoms with E-state index in [1.807, 2.05) is 10.6 Å². The Morgan fingerprint density at radius 1 is 0.571 bits per heavy atom. The molecule has 4 rings (SSSR count). The van der Waals surface area contributed by atoms with Gasteiger partial charge in [-0.2, -0.15) is 0 Å². The van der Waals surface area contributed by atoms with Crippen molar-refractivity contribution in [3.8, 4) is 0 Å². The molecule has 0 saturated carbocycles. The Labute approximate surface area is 238 Å². The number of fused-ring (bicyclic) bond motifs is 2. The van der Waals surface area contributed by atoms with Crippen molar-refractivity contribution in [2.45, 2.75) is 61.8 Å². The third-order valence-electron chi connectivity index (χ3n) is 6.85.